The van der Waals surface area contributed by atoms with Crippen LogP contribution in [0.4, 0.5) is 0 Å². The topological polar surface area (TPSA) is 38.2 Å². The molecule has 0 aliphatic carbocycles. The third kappa shape index (κ3) is 3.15. The van der Waals surface area contributed by atoms with Gasteiger partial charge in [0.1, 0.15) is 0 Å². The number of halogens is 1. The number of ether oxygens (including phenoxy) is 1. The van der Waals surface area contributed by atoms with Gasteiger partial charge >= 0.3 is 6.01 Å². The molecule has 88 valence electrons. The minimum Gasteiger partial charge on any atom is -0.463 e. The van der Waals surface area contributed by atoms with Crippen molar-refractivity contribution in [1.82, 2.24) is 14.9 Å². The summed E-state index contributed by atoms with van der Waals surface area (Å²) in [6, 6.07) is 1.12. The average molecular weight is 286 g/mol. The largest absolute Gasteiger partial charge is 0.463 e. The van der Waals surface area contributed by atoms with Gasteiger partial charge in [-0.15, -0.1) is 0 Å². The molecule has 0 aromatic carbocycles. The van der Waals surface area contributed by atoms with Crippen molar-refractivity contribution in [1.29, 1.82) is 0 Å². The number of aromatic nitrogens is 2. The SMILES string of the molecule is CN1CCCC1CCOc1ncc(Br)cn1. The van der Waals surface area contributed by atoms with E-state index >= 15 is 0 Å². The summed E-state index contributed by atoms with van der Waals surface area (Å²) in [4.78, 5) is 10.5. The van der Waals surface area contributed by atoms with E-state index < -0.39 is 0 Å². The first kappa shape index (κ1) is 11.8. The van der Waals surface area contributed by atoms with E-state index in [1.807, 2.05) is 0 Å². The van der Waals surface area contributed by atoms with Crippen molar-refractivity contribution in [2.75, 3.05) is 20.2 Å². The summed E-state index contributed by atoms with van der Waals surface area (Å²) in [5.74, 6) is 0. The van der Waals surface area contributed by atoms with Gasteiger partial charge in [-0.1, -0.05) is 0 Å². The Morgan fingerprint density at radius 1 is 1.50 bits per heavy atom. The van der Waals surface area contributed by atoms with Gasteiger partial charge in [-0.2, -0.15) is 0 Å². The lowest BCUT2D eigenvalue weighted by atomic mass is 10.2. The molecule has 1 aromatic heterocycles. The minimum absolute atomic E-state index is 0.462. The summed E-state index contributed by atoms with van der Waals surface area (Å²) < 4.78 is 6.37. The molecule has 0 bridgehead atoms. The van der Waals surface area contributed by atoms with Crippen LogP contribution in [0, 0.1) is 0 Å². The standard InChI is InChI=1S/C11H16BrN3O/c1-15-5-2-3-10(15)4-6-16-11-13-7-9(12)8-14-11/h7-8,10H,2-6H2,1H3. The van der Waals surface area contributed by atoms with Gasteiger partial charge in [0, 0.05) is 18.4 Å². The highest BCUT2D eigenvalue weighted by molar-refractivity contribution is 9.10. The van der Waals surface area contributed by atoms with E-state index in [1.165, 1.54) is 19.4 Å². The second kappa shape index (κ2) is 5.59. The smallest absolute Gasteiger partial charge is 0.316 e. The zero-order valence-corrected chi connectivity index (χ0v) is 11.0. The molecule has 0 saturated carbocycles. The third-order valence-electron chi connectivity index (χ3n) is 2.95. The average Bonchev–Trinajstić information content (AvgIpc) is 2.68. The van der Waals surface area contributed by atoms with Gasteiger partial charge in [0.2, 0.25) is 0 Å². The monoisotopic (exact) mass is 285 g/mol. The van der Waals surface area contributed by atoms with Gasteiger partial charge in [0.15, 0.2) is 0 Å². The first-order chi connectivity index (χ1) is 7.75. The Bertz CT molecular complexity index is 331. The highest BCUT2D eigenvalue weighted by atomic mass is 79.9. The van der Waals surface area contributed by atoms with Crippen molar-refractivity contribution in [2.45, 2.75) is 25.3 Å². The quantitative estimate of drug-likeness (QED) is 0.849. The Morgan fingerprint density at radius 2 is 2.25 bits per heavy atom. The second-order valence-electron chi connectivity index (χ2n) is 4.10. The zero-order valence-electron chi connectivity index (χ0n) is 9.40. The fourth-order valence-electron chi connectivity index (χ4n) is 2.01. The fourth-order valence-corrected chi connectivity index (χ4v) is 2.21. The molecule has 0 amide bonds. The van der Waals surface area contributed by atoms with Crippen molar-refractivity contribution in [3.05, 3.63) is 16.9 Å². The predicted octanol–water partition coefficient (Wildman–Crippen LogP) is 2.10. The molecule has 1 aliphatic rings. The number of rotatable bonds is 4. The van der Waals surface area contributed by atoms with Gasteiger partial charge < -0.3 is 9.64 Å². The Morgan fingerprint density at radius 3 is 2.88 bits per heavy atom. The summed E-state index contributed by atoms with van der Waals surface area (Å²) in [6.45, 7) is 1.90. The predicted molar refractivity (Wildman–Crippen MR) is 65.5 cm³/mol. The molecule has 0 spiro atoms. The normalized spacial score (nSPS) is 21.2. The van der Waals surface area contributed by atoms with Crippen LogP contribution in [0.25, 0.3) is 0 Å². The highest BCUT2D eigenvalue weighted by Crippen LogP contribution is 2.17. The van der Waals surface area contributed by atoms with Crippen LogP contribution < -0.4 is 4.74 Å². The summed E-state index contributed by atoms with van der Waals surface area (Å²) >= 11 is 3.29. The lowest BCUT2D eigenvalue weighted by molar-refractivity contribution is 0.223. The molecule has 4 nitrogen and oxygen atoms in total. The number of likely N-dealkylation sites (tertiary alicyclic amines) is 1. The molecule has 1 atom stereocenters. The van der Waals surface area contributed by atoms with Crippen molar-refractivity contribution in [3.63, 3.8) is 0 Å². The lowest BCUT2D eigenvalue weighted by Crippen LogP contribution is -2.26. The Hall–Kier alpha value is -0.680. The van der Waals surface area contributed by atoms with Crippen LogP contribution in [0.3, 0.4) is 0 Å². The van der Waals surface area contributed by atoms with E-state index in [-0.39, 0.29) is 0 Å². The van der Waals surface area contributed by atoms with Crippen LogP contribution in [0.5, 0.6) is 6.01 Å². The maximum absolute atomic E-state index is 5.50. The maximum atomic E-state index is 5.50. The van der Waals surface area contributed by atoms with Crippen LogP contribution >= 0.6 is 15.9 Å². The molecular weight excluding hydrogens is 270 g/mol. The van der Waals surface area contributed by atoms with Gasteiger partial charge in [-0.05, 0) is 48.8 Å². The van der Waals surface area contributed by atoms with Gasteiger partial charge in [-0.3, -0.25) is 0 Å². The molecule has 0 N–H and O–H groups in total. The molecule has 1 aliphatic heterocycles. The molecule has 2 rings (SSSR count). The van der Waals surface area contributed by atoms with E-state index in [9.17, 15) is 0 Å². The Kier molecular flexibility index (Phi) is 4.12. The van der Waals surface area contributed by atoms with Crippen LogP contribution in [-0.2, 0) is 0 Å². The van der Waals surface area contributed by atoms with E-state index in [0.29, 0.717) is 18.7 Å². The summed E-state index contributed by atoms with van der Waals surface area (Å²) in [7, 11) is 2.17. The van der Waals surface area contributed by atoms with Gasteiger partial charge in [0.05, 0.1) is 11.1 Å². The summed E-state index contributed by atoms with van der Waals surface area (Å²) in [5, 5.41) is 0. The molecule has 1 aromatic rings. The van der Waals surface area contributed by atoms with Crippen molar-refractivity contribution in [2.24, 2.45) is 0 Å². The van der Waals surface area contributed by atoms with Crippen molar-refractivity contribution < 1.29 is 4.74 Å². The Balaban J connectivity index is 1.73. The van der Waals surface area contributed by atoms with E-state index in [4.69, 9.17) is 4.74 Å². The zero-order chi connectivity index (χ0) is 11.4. The van der Waals surface area contributed by atoms with E-state index in [2.05, 4.69) is 37.8 Å². The summed E-state index contributed by atoms with van der Waals surface area (Å²) in [6.07, 6.45) is 7.03. The molecule has 2 heterocycles. The molecular formula is C11H16BrN3O. The fraction of sp³-hybridized carbons (Fsp3) is 0.636. The molecule has 1 saturated heterocycles. The summed E-state index contributed by atoms with van der Waals surface area (Å²) in [5.41, 5.74) is 0. The number of hydrogen-bond acceptors (Lipinski definition) is 4. The minimum atomic E-state index is 0.462. The van der Waals surface area contributed by atoms with Gasteiger partial charge in [0.25, 0.3) is 0 Å². The molecule has 1 unspecified atom stereocenters. The molecule has 16 heavy (non-hydrogen) atoms. The van der Waals surface area contributed by atoms with Crippen LogP contribution in [0.1, 0.15) is 19.3 Å². The lowest BCUT2D eigenvalue weighted by Gasteiger charge is -2.18. The second-order valence-corrected chi connectivity index (χ2v) is 5.01. The first-order valence-corrected chi connectivity index (χ1v) is 6.35. The molecule has 0 radical (unpaired) electrons. The third-order valence-corrected chi connectivity index (χ3v) is 3.36. The number of hydrogen-bond donors (Lipinski definition) is 0. The van der Waals surface area contributed by atoms with Crippen molar-refractivity contribution in [3.8, 4) is 6.01 Å². The van der Waals surface area contributed by atoms with Crippen LogP contribution in [-0.4, -0.2) is 41.1 Å². The van der Waals surface area contributed by atoms with E-state index in [0.717, 1.165) is 10.9 Å². The van der Waals surface area contributed by atoms with Gasteiger partial charge in [-0.25, -0.2) is 9.97 Å². The van der Waals surface area contributed by atoms with Crippen LogP contribution in [0.2, 0.25) is 0 Å². The highest BCUT2D eigenvalue weighted by Gasteiger charge is 2.20. The number of nitrogens with zero attached hydrogens (tertiary/aromatic N) is 3. The molecule has 5 heteroatoms. The Labute approximate surface area is 104 Å². The van der Waals surface area contributed by atoms with Crippen LogP contribution in [0.15, 0.2) is 16.9 Å². The molecule has 1 fully saturated rings. The van der Waals surface area contributed by atoms with E-state index in [1.54, 1.807) is 12.4 Å². The van der Waals surface area contributed by atoms with Crippen molar-refractivity contribution >= 4 is 15.9 Å². The maximum Gasteiger partial charge on any atom is 0.316 e. The first-order valence-electron chi connectivity index (χ1n) is 5.56.